The van der Waals surface area contributed by atoms with Crippen molar-refractivity contribution in [2.45, 2.75) is 51.9 Å². The number of hydrogen-bond donors (Lipinski definition) is 1. The number of nitrogens with one attached hydrogen (secondary N) is 1. The van der Waals surface area contributed by atoms with Crippen LogP contribution in [0.25, 0.3) is 10.9 Å². The van der Waals surface area contributed by atoms with E-state index >= 15 is 0 Å². The lowest BCUT2D eigenvalue weighted by Crippen LogP contribution is -2.34. The monoisotopic (exact) mass is 448 g/mol. The molecule has 0 amide bonds. The molecule has 0 spiro atoms. The summed E-state index contributed by atoms with van der Waals surface area (Å²) in [6, 6.07) is 11.9. The van der Waals surface area contributed by atoms with E-state index in [2.05, 4.69) is 44.5 Å². The molecule has 0 saturated carbocycles. The van der Waals surface area contributed by atoms with Crippen molar-refractivity contribution in [3.05, 3.63) is 75.7 Å². The van der Waals surface area contributed by atoms with Crippen LogP contribution in [0.3, 0.4) is 0 Å². The van der Waals surface area contributed by atoms with Gasteiger partial charge in [0.1, 0.15) is 12.3 Å². The average molecular weight is 449 g/mol. The first-order valence-corrected chi connectivity index (χ1v) is 11.4. The van der Waals surface area contributed by atoms with E-state index in [4.69, 9.17) is 9.15 Å². The molecule has 1 atom stereocenters. The number of benzene rings is 1. The summed E-state index contributed by atoms with van der Waals surface area (Å²) in [5, 5.41) is 13.3. The number of aromatic amines is 1. The van der Waals surface area contributed by atoms with E-state index in [1.54, 1.807) is 10.9 Å². The van der Waals surface area contributed by atoms with E-state index in [0.29, 0.717) is 26.2 Å². The molecule has 0 radical (unpaired) electrons. The summed E-state index contributed by atoms with van der Waals surface area (Å²) >= 11 is 0. The van der Waals surface area contributed by atoms with Crippen LogP contribution < -0.4 is 5.56 Å². The van der Waals surface area contributed by atoms with Gasteiger partial charge in [0.2, 0.25) is 0 Å². The summed E-state index contributed by atoms with van der Waals surface area (Å²) in [4.78, 5) is 18.1. The maximum Gasteiger partial charge on any atom is 0.252 e. The minimum atomic E-state index is -0.0701. The number of hydrogen-bond acceptors (Lipinski definition) is 7. The van der Waals surface area contributed by atoms with Crippen molar-refractivity contribution in [1.29, 1.82) is 0 Å². The zero-order chi connectivity index (χ0) is 22.6. The lowest BCUT2D eigenvalue weighted by molar-refractivity contribution is 0.0663. The van der Waals surface area contributed by atoms with Crippen LogP contribution in [0, 0.1) is 0 Å². The smallest absolute Gasteiger partial charge is 0.252 e. The van der Waals surface area contributed by atoms with Gasteiger partial charge in [0.25, 0.3) is 5.56 Å². The maximum absolute atomic E-state index is 12.9. The van der Waals surface area contributed by atoms with Gasteiger partial charge in [-0.05, 0) is 71.0 Å². The first kappa shape index (κ1) is 21.5. The van der Waals surface area contributed by atoms with Gasteiger partial charge in [-0.25, -0.2) is 4.68 Å². The summed E-state index contributed by atoms with van der Waals surface area (Å²) in [5.41, 5.74) is 2.75. The Labute approximate surface area is 191 Å². The summed E-state index contributed by atoms with van der Waals surface area (Å²) in [5.74, 6) is 1.50. The number of fused-ring (bicyclic) bond motifs is 1. The second-order valence-corrected chi connectivity index (χ2v) is 8.54. The molecule has 9 heteroatoms. The van der Waals surface area contributed by atoms with E-state index < -0.39 is 0 Å². The molecule has 0 bridgehead atoms. The maximum atomic E-state index is 12.9. The van der Waals surface area contributed by atoms with Gasteiger partial charge in [0, 0.05) is 30.8 Å². The minimum absolute atomic E-state index is 0.0701. The zero-order valence-electron chi connectivity index (χ0n) is 18.7. The summed E-state index contributed by atoms with van der Waals surface area (Å²) < 4.78 is 13.1. The molecule has 0 aliphatic carbocycles. The van der Waals surface area contributed by atoms with Gasteiger partial charge in [-0.3, -0.25) is 9.69 Å². The number of pyridine rings is 1. The molecule has 33 heavy (non-hydrogen) atoms. The SMILES string of the molecule is CCc1ccc2[nH]c(=O)c(CN(Cc3nnnn3Cc3ccco3)C[C@@H]3CCCO3)cc2c1. The molecular weight excluding hydrogens is 420 g/mol. The Morgan fingerprint density at radius 3 is 2.97 bits per heavy atom. The Kier molecular flexibility index (Phi) is 6.32. The summed E-state index contributed by atoms with van der Waals surface area (Å²) in [6.07, 6.45) is 4.81. The van der Waals surface area contributed by atoms with Gasteiger partial charge in [-0.1, -0.05) is 13.0 Å². The molecule has 4 aromatic rings. The third kappa shape index (κ3) is 5.04. The average Bonchev–Trinajstić information content (AvgIpc) is 3.59. The lowest BCUT2D eigenvalue weighted by Gasteiger charge is -2.24. The van der Waals surface area contributed by atoms with E-state index in [9.17, 15) is 4.79 Å². The fraction of sp³-hybridized carbons (Fsp3) is 0.417. The highest BCUT2D eigenvalue weighted by molar-refractivity contribution is 5.79. The Balaban J connectivity index is 1.41. The molecule has 172 valence electrons. The van der Waals surface area contributed by atoms with Crippen LogP contribution in [0.1, 0.15) is 42.5 Å². The highest BCUT2D eigenvalue weighted by Gasteiger charge is 2.22. The summed E-state index contributed by atoms with van der Waals surface area (Å²) in [6.45, 7) is 5.06. The quantitative estimate of drug-likeness (QED) is 0.420. The molecule has 1 aromatic carbocycles. The van der Waals surface area contributed by atoms with E-state index in [-0.39, 0.29) is 11.7 Å². The second kappa shape index (κ2) is 9.68. The van der Waals surface area contributed by atoms with Gasteiger partial charge in [0.05, 0.1) is 18.9 Å². The first-order chi connectivity index (χ1) is 16.2. The van der Waals surface area contributed by atoms with E-state index in [0.717, 1.165) is 53.9 Å². The molecule has 1 aliphatic rings. The lowest BCUT2D eigenvalue weighted by atomic mass is 10.1. The molecule has 3 aromatic heterocycles. The molecule has 1 N–H and O–H groups in total. The Morgan fingerprint density at radius 1 is 1.24 bits per heavy atom. The van der Waals surface area contributed by atoms with Crippen molar-refractivity contribution in [1.82, 2.24) is 30.1 Å². The molecule has 1 saturated heterocycles. The molecule has 9 nitrogen and oxygen atoms in total. The standard InChI is InChI=1S/C24H28N6O3/c1-2-17-7-8-22-18(11-17)12-19(24(31)25-22)13-29(14-20-5-3-9-32-20)16-23-26-27-28-30(23)15-21-6-4-10-33-21/h4,6-8,10-12,20H,2-3,5,9,13-16H2,1H3,(H,25,31)/t20-/m0/s1. The van der Waals surface area contributed by atoms with Crippen LogP contribution in [0.5, 0.6) is 0 Å². The third-order valence-electron chi connectivity index (χ3n) is 6.13. The number of ether oxygens (including phenoxy) is 1. The van der Waals surface area contributed by atoms with Crippen molar-refractivity contribution in [2.24, 2.45) is 0 Å². The summed E-state index contributed by atoms with van der Waals surface area (Å²) in [7, 11) is 0. The van der Waals surface area contributed by atoms with Gasteiger partial charge >= 0.3 is 0 Å². The number of rotatable bonds is 9. The van der Waals surface area contributed by atoms with Gasteiger partial charge < -0.3 is 14.1 Å². The number of aromatic nitrogens is 5. The largest absolute Gasteiger partial charge is 0.467 e. The van der Waals surface area contributed by atoms with Crippen molar-refractivity contribution in [2.75, 3.05) is 13.2 Å². The zero-order valence-corrected chi connectivity index (χ0v) is 18.7. The number of tetrazole rings is 1. The molecule has 0 unspecified atom stereocenters. The Bertz CT molecular complexity index is 1260. The van der Waals surface area contributed by atoms with Crippen molar-refractivity contribution in [3.8, 4) is 0 Å². The highest BCUT2D eigenvalue weighted by Crippen LogP contribution is 2.19. The fourth-order valence-electron chi connectivity index (χ4n) is 4.35. The van der Waals surface area contributed by atoms with Gasteiger partial charge in [-0.2, -0.15) is 0 Å². The first-order valence-electron chi connectivity index (χ1n) is 11.4. The molecule has 4 heterocycles. The van der Waals surface area contributed by atoms with E-state index in [1.165, 1.54) is 5.56 Å². The Morgan fingerprint density at radius 2 is 2.18 bits per heavy atom. The highest BCUT2D eigenvalue weighted by atomic mass is 16.5. The predicted molar refractivity (Wildman–Crippen MR) is 123 cm³/mol. The van der Waals surface area contributed by atoms with Crippen LogP contribution in [-0.2, 0) is 30.8 Å². The molecule has 5 rings (SSSR count). The van der Waals surface area contributed by atoms with Crippen LogP contribution in [0.4, 0.5) is 0 Å². The third-order valence-corrected chi connectivity index (χ3v) is 6.13. The molecule has 1 fully saturated rings. The second-order valence-electron chi connectivity index (χ2n) is 8.54. The molecular formula is C24H28N6O3. The van der Waals surface area contributed by atoms with Crippen LogP contribution in [0.15, 0.2) is 51.9 Å². The normalized spacial score (nSPS) is 16.2. The van der Waals surface area contributed by atoms with E-state index in [1.807, 2.05) is 24.3 Å². The van der Waals surface area contributed by atoms with Gasteiger partial charge in [-0.15, -0.1) is 5.10 Å². The fourth-order valence-corrected chi connectivity index (χ4v) is 4.35. The number of aryl methyl sites for hydroxylation is 1. The minimum Gasteiger partial charge on any atom is -0.467 e. The van der Waals surface area contributed by atoms with Gasteiger partial charge in [0.15, 0.2) is 5.82 Å². The Hall–Kier alpha value is -3.30. The number of H-pyrrole nitrogens is 1. The van der Waals surface area contributed by atoms with Crippen LogP contribution in [-0.4, -0.2) is 49.3 Å². The number of furan rings is 1. The van der Waals surface area contributed by atoms with Crippen LogP contribution >= 0.6 is 0 Å². The predicted octanol–water partition coefficient (Wildman–Crippen LogP) is 2.90. The topological polar surface area (TPSA) is 102 Å². The van der Waals surface area contributed by atoms with Crippen LogP contribution in [0.2, 0.25) is 0 Å². The van der Waals surface area contributed by atoms with Crippen molar-refractivity contribution >= 4 is 10.9 Å². The number of nitrogens with zero attached hydrogens (tertiary/aromatic N) is 5. The van der Waals surface area contributed by atoms with Crippen molar-refractivity contribution in [3.63, 3.8) is 0 Å². The molecule has 1 aliphatic heterocycles. The van der Waals surface area contributed by atoms with Crippen molar-refractivity contribution < 1.29 is 9.15 Å².